The summed E-state index contributed by atoms with van der Waals surface area (Å²) >= 11 is 0. The average molecular weight is 250 g/mol. The molecule has 0 aliphatic heterocycles. The summed E-state index contributed by atoms with van der Waals surface area (Å²) < 4.78 is 5.48. The standard InChI is InChI=1S/C11H14N4O3/c1-6(14-11(16)17)5-18-10-3-9-7(2-8(10)12)4-13-15-9/h2-4,6,14H,5,12H2,1H3,(H,13,15)(H,16,17). The number of nitrogens with one attached hydrogen (secondary N) is 2. The van der Waals surface area contributed by atoms with Gasteiger partial charge in [0, 0.05) is 11.5 Å². The van der Waals surface area contributed by atoms with E-state index in [1.807, 2.05) is 0 Å². The molecule has 0 aliphatic rings. The molecule has 1 heterocycles. The van der Waals surface area contributed by atoms with E-state index < -0.39 is 6.09 Å². The summed E-state index contributed by atoms with van der Waals surface area (Å²) in [5.74, 6) is 0.505. The van der Waals surface area contributed by atoms with E-state index in [0.717, 1.165) is 10.9 Å². The lowest BCUT2D eigenvalue weighted by molar-refractivity contribution is 0.183. The lowest BCUT2D eigenvalue weighted by Crippen LogP contribution is -2.35. The zero-order chi connectivity index (χ0) is 13.1. The molecule has 0 aliphatic carbocycles. The number of carboxylic acid groups (broad SMARTS) is 1. The molecule has 0 radical (unpaired) electrons. The monoisotopic (exact) mass is 250 g/mol. The van der Waals surface area contributed by atoms with Crippen LogP contribution in [-0.4, -0.2) is 34.0 Å². The van der Waals surface area contributed by atoms with E-state index in [1.54, 1.807) is 25.3 Å². The minimum atomic E-state index is -1.08. The summed E-state index contributed by atoms with van der Waals surface area (Å²) in [5, 5.41) is 18.4. The maximum absolute atomic E-state index is 10.4. The van der Waals surface area contributed by atoms with E-state index in [0.29, 0.717) is 11.4 Å². The molecular formula is C11H14N4O3. The molecule has 0 bridgehead atoms. The summed E-state index contributed by atoms with van der Waals surface area (Å²) in [7, 11) is 0. The van der Waals surface area contributed by atoms with Crippen LogP contribution in [0.1, 0.15) is 6.92 Å². The van der Waals surface area contributed by atoms with Gasteiger partial charge in [0.1, 0.15) is 12.4 Å². The van der Waals surface area contributed by atoms with E-state index in [1.165, 1.54) is 0 Å². The first-order valence-corrected chi connectivity index (χ1v) is 5.41. The molecule has 5 N–H and O–H groups in total. The molecule has 0 saturated carbocycles. The van der Waals surface area contributed by atoms with Crippen LogP contribution in [0.15, 0.2) is 18.3 Å². The van der Waals surface area contributed by atoms with Crippen molar-refractivity contribution in [2.45, 2.75) is 13.0 Å². The van der Waals surface area contributed by atoms with Crippen LogP contribution in [0.25, 0.3) is 10.9 Å². The molecule has 1 aromatic carbocycles. The van der Waals surface area contributed by atoms with Crippen LogP contribution in [0.3, 0.4) is 0 Å². The minimum Gasteiger partial charge on any atom is -0.489 e. The number of amides is 1. The van der Waals surface area contributed by atoms with Gasteiger partial charge in [-0.3, -0.25) is 5.10 Å². The molecule has 1 amide bonds. The predicted molar refractivity (Wildman–Crippen MR) is 66.6 cm³/mol. The fraction of sp³-hybridized carbons (Fsp3) is 0.273. The van der Waals surface area contributed by atoms with Crippen LogP contribution in [-0.2, 0) is 0 Å². The van der Waals surface area contributed by atoms with Gasteiger partial charge in [-0.25, -0.2) is 4.79 Å². The molecule has 1 unspecified atom stereocenters. The highest BCUT2D eigenvalue weighted by Gasteiger charge is 2.09. The van der Waals surface area contributed by atoms with Gasteiger partial charge in [-0.15, -0.1) is 0 Å². The third-order valence-corrected chi connectivity index (χ3v) is 2.43. The van der Waals surface area contributed by atoms with Gasteiger partial charge in [-0.1, -0.05) is 0 Å². The van der Waals surface area contributed by atoms with Gasteiger partial charge >= 0.3 is 6.09 Å². The molecule has 0 fully saturated rings. The van der Waals surface area contributed by atoms with Gasteiger partial charge < -0.3 is 20.9 Å². The van der Waals surface area contributed by atoms with Gasteiger partial charge in [0.05, 0.1) is 23.4 Å². The number of rotatable bonds is 4. The molecule has 7 heteroatoms. The zero-order valence-corrected chi connectivity index (χ0v) is 9.80. The lowest BCUT2D eigenvalue weighted by atomic mass is 10.2. The van der Waals surface area contributed by atoms with Crippen molar-refractivity contribution >= 4 is 22.7 Å². The number of hydrogen-bond acceptors (Lipinski definition) is 4. The number of nitrogens with zero attached hydrogens (tertiary/aromatic N) is 1. The van der Waals surface area contributed by atoms with Crippen molar-refractivity contribution in [3.63, 3.8) is 0 Å². The van der Waals surface area contributed by atoms with Gasteiger partial charge in [0.2, 0.25) is 0 Å². The molecule has 1 aromatic heterocycles. The largest absolute Gasteiger partial charge is 0.489 e. The molecule has 2 rings (SSSR count). The third-order valence-electron chi connectivity index (χ3n) is 2.43. The number of nitrogens with two attached hydrogens (primary N) is 1. The molecule has 96 valence electrons. The summed E-state index contributed by atoms with van der Waals surface area (Å²) in [6.45, 7) is 1.91. The predicted octanol–water partition coefficient (Wildman–Crippen LogP) is 1.18. The van der Waals surface area contributed by atoms with Crippen molar-refractivity contribution < 1.29 is 14.6 Å². The maximum atomic E-state index is 10.4. The Hall–Kier alpha value is -2.44. The molecule has 0 spiro atoms. The highest BCUT2D eigenvalue weighted by Crippen LogP contribution is 2.26. The van der Waals surface area contributed by atoms with Gasteiger partial charge in [0.25, 0.3) is 0 Å². The number of aromatic nitrogens is 2. The van der Waals surface area contributed by atoms with Crippen LogP contribution in [0.4, 0.5) is 10.5 Å². The van der Waals surface area contributed by atoms with E-state index in [4.69, 9.17) is 15.6 Å². The molecular weight excluding hydrogens is 236 g/mol. The van der Waals surface area contributed by atoms with Crippen molar-refractivity contribution in [2.24, 2.45) is 0 Å². The second-order valence-corrected chi connectivity index (χ2v) is 4.01. The zero-order valence-electron chi connectivity index (χ0n) is 9.80. The van der Waals surface area contributed by atoms with E-state index in [-0.39, 0.29) is 12.6 Å². The Morgan fingerprint density at radius 2 is 2.44 bits per heavy atom. The number of benzene rings is 1. The fourth-order valence-electron chi connectivity index (χ4n) is 1.58. The van der Waals surface area contributed by atoms with Crippen LogP contribution in [0.5, 0.6) is 5.75 Å². The van der Waals surface area contributed by atoms with Crippen LogP contribution >= 0.6 is 0 Å². The molecule has 18 heavy (non-hydrogen) atoms. The summed E-state index contributed by atoms with van der Waals surface area (Å²) in [6, 6.07) is 3.17. The fourth-order valence-corrected chi connectivity index (χ4v) is 1.58. The van der Waals surface area contributed by atoms with Gasteiger partial charge in [-0.05, 0) is 13.0 Å². The minimum absolute atomic E-state index is 0.205. The maximum Gasteiger partial charge on any atom is 0.404 e. The SMILES string of the molecule is CC(COc1cc2[nH]ncc2cc1N)NC(=O)O. The highest BCUT2D eigenvalue weighted by atomic mass is 16.5. The summed E-state index contributed by atoms with van der Waals surface area (Å²) in [4.78, 5) is 10.4. The molecule has 7 nitrogen and oxygen atoms in total. The highest BCUT2D eigenvalue weighted by molar-refractivity contribution is 5.84. The number of aromatic amines is 1. The van der Waals surface area contributed by atoms with E-state index >= 15 is 0 Å². The number of hydrogen-bond donors (Lipinski definition) is 4. The summed E-state index contributed by atoms with van der Waals surface area (Å²) in [6.07, 6.45) is 0.590. The molecule has 0 saturated heterocycles. The molecule has 1 atom stereocenters. The van der Waals surface area contributed by atoms with Crippen LogP contribution < -0.4 is 15.8 Å². The number of nitrogen functional groups attached to an aromatic ring is 1. The number of ether oxygens (including phenoxy) is 1. The number of anilines is 1. The first-order chi connectivity index (χ1) is 8.56. The second kappa shape index (κ2) is 4.82. The Morgan fingerprint density at radius 1 is 1.67 bits per heavy atom. The average Bonchev–Trinajstić information content (AvgIpc) is 2.71. The van der Waals surface area contributed by atoms with Gasteiger partial charge in [-0.2, -0.15) is 5.10 Å². The van der Waals surface area contributed by atoms with Crippen molar-refractivity contribution in [1.29, 1.82) is 0 Å². The topological polar surface area (TPSA) is 113 Å². The Balaban J connectivity index is 2.06. The summed E-state index contributed by atoms with van der Waals surface area (Å²) in [5.41, 5.74) is 7.14. The smallest absolute Gasteiger partial charge is 0.404 e. The number of H-pyrrole nitrogens is 1. The lowest BCUT2D eigenvalue weighted by Gasteiger charge is -2.14. The first kappa shape index (κ1) is 12.0. The Morgan fingerprint density at radius 3 is 3.17 bits per heavy atom. The number of fused-ring (bicyclic) bond motifs is 1. The second-order valence-electron chi connectivity index (χ2n) is 4.01. The first-order valence-electron chi connectivity index (χ1n) is 5.41. The van der Waals surface area contributed by atoms with Crippen molar-refractivity contribution in [3.05, 3.63) is 18.3 Å². The van der Waals surface area contributed by atoms with E-state index in [2.05, 4.69) is 15.5 Å². The van der Waals surface area contributed by atoms with Gasteiger partial charge in [0.15, 0.2) is 0 Å². The normalized spacial score (nSPS) is 12.3. The van der Waals surface area contributed by atoms with Crippen molar-refractivity contribution in [3.8, 4) is 5.75 Å². The molecule has 2 aromatic rings. The van der Waals surface area contributed by atoms with E-state index in [9.17, 15) is 4.79 Å². The Labute approximate surface area is 103 Å². The van der Waals surface area contributed by atoms with Crippen LogP contribution in [0.2, 0.25) is 0 Å². The quantitative estimate of drug-likeness (QED) is 0.608. The van der Waals surface area contributed by atoms with Crippen LogP contribution in [0, 0.1) is 0 Å². The van der Waals surface area contributed by atoms with Crippen molar-refractivity contribution in [1.82, 2.24) is 15.5 Å². The Kier molecular flexibility index (Phi) is 3.22. The number of carbonyl (C=O) groups is 1. The third kappa shape index (κ3) is 2.62. The van der Waals surface area contributed by atoms with Crippen molar-refractivity contribution in [2.75, 3.05) is 12.3 Å². The Bertz CT molecular complexity index is 566.